The van der Waals surface area contributed by atoms with Crippen LogP contribution in [-0.4, -0.2) is 64.1 Å². The van der Waals surface area contributed by atoms with E-state index < -0.39 is 6.17 Å². The van der Waals surface area contributed by atoms with E-state index in [1.807, 2.05) is 67.8 Å². The van der Waals surface area contributed by atoms with E-state index in [1.54, 1.807) is 4.68 Å². The molecule has 0 bridgehead atoms. The van der Waals surface area contributed by atoms with Crippen molar-refractivity contribution < 1.29 is 13.9 Å². The first-order valence-corrected chi connectivity index (χ1v) is 11.7. The summed E-state index contributed by atoms with van der Waals surface area (Å²) < 4.78 is 13.1. The summed E-state index contributed by atoms with van der Waals surface area (Å²) in [6.07, 6.45) is 0.938. The number of rotatable bonds is 5. The fourth-order valence-electron chi connectivity index (χ4n) is 4.34. The summed E-state index contributed by atoms with van der Waals surface area (Å²) in [5.74, 6) is -0.0795. The third-order valence-electron chi connectivity index (χ3n) is 6.04. The van der Waals surface area contributed by atoms with Crippen LogP contribution in [0.25, 0.3) is 11.6 Å². The number of hydrogen-bond donors (Lipinski definition) is 2. The summed E-state index contributed by atoms with van der Waals surface area (Å²) in [6.45, 7) is 2.78. The lowest BCUT2D eigenvalue weighted by Gasteiger charge is -2.27. The Morgan fingerprint density at radius 2 is 1.81 bits per heavy atom. The van der Waals surface area contributed by atoms with E-state index in [-0.39, 0.29) is 17.8 Å². The molecule has 2 aromatic heterocycles. The minimum atomic E-state index is -0.983. The van der Waals surface area contributed by atoms with E-state index in [0.29, 0.717) is 30.3 Å². The first-order valence-electron chi connectivity index (χ1n) is 11.7. The van der Waals surface area contributed by atoms with Gasteiger partial charge in [0.1, 0.15) is 0 Å². The van der Waals surface area contributed by atoms with Gasteiger partial charge in [0.05, 0.1) is 30.3 Å². The van der Waals surface area contributed by atoms with E-state index in [1.165, 1.54) is 0 Å². The number of anilines is 3. The monoisotopic (exact) mass is 484 g/mol. The second-order valence-electron chi connectivity index (χ2n) is 8.47. The molecule has 2 aromatic carbocycles. The number of aryl methyl sites for hydroxylation is 1. The summed E-state index contributed by atoms with van der Waals surface area (Å²) in [7, 11) is 1.84. The number of benzodiazepines with no additional fused rings is 1. The quantitative estimate of drug-likeness (QED) is 0.443. The fraction of sp³-hybridized carbons (Fsp3) is 0.240. The Morgan fingerprint density at radius 3 is 2.64 bits per heavy atom. The second kappa shape index (κ2) is 9.27. The summed E-state index contributed by atoms with van der Waals surface area (Å²) in [4.78, 5) is 20.0. The number of ether oxygens (including phenoxy) is 1. The van der Waals surface area contributed by atoms with Gasteiger partial charge in [0, 0.05) is 37.5 Å². The third kappa shape index (κ3) is 4.20. The molecule has 2 aliphatic heterocycles. The van der Waals surface area contributed by atoms with Crippen molar-refractivity contribution in [3.05, 3.63) is 71.9 Å². The maximum Gasteiger partial charge on any atom is 0.317 e. The molecule has 1 amide bonds. The SMILES string of the molecule is Cn1cc(N2CCOCC2)c(-c2nnc(N[C@H]3N=C(c4ccccc4)c4ccccc4NC3=O)o2)n1. The van der Waals surface area contributed by atoms with Gasteiger partial charge in [0.25, 0.3) is 11.8 Å². The molecule has 4 heterocycles. The summed E-state index contributed by atoms with van der Waals surface area (Å²) in [5.41, 5.74) is 4.55. The van der Waals surface area contributed by atoms with Crippen LogP contribution in [0.3, 0.4) is 0 Å². The smallest absolute Gasteiger partial charge is 0.317 e. The van der Waals surface area contributed by atoms with E-state index in [9.17, 15) is 4.79 Å². The van der Waals surface area contributed by atoms with Gasteiger partial charge in [-0.15, -0.1) is 5.10 Å². The van der Waals surface area contributed by atoms with Gasteiger partial charge < -0.3 is 24.7 Å². The molecule has 36 heavy (non-hydrogen) atoms. The van der Waals surface area contributed by atoms with E-state index in [0.717, 1.165) is 29.9 Å². The van der Waals surface area contributed by atoms with Crippen LogP contribution in [0.2, 0.25) is 0 Å². The highest BCUT2D eigenvalue weighted by atomic mass is 16.5. The molecule has 2 aliphatic rings. The maximum absolute atomic E-state index is 13.1. The molecule has 11 heteroatoms. The minimum absolute atomic E-state index is 0.0749. The Hall–Kier alpha value is -4.51. The lowest BCUT2D eigenvalue weighted by molar-refractivity contribution is -0.116. The number of aliphatic imine (C=N–C) groups is 1. The number of carbonyl (C=O) groups excluding carboxylic acids is 1. The second-order valence-corrected chi connectivity index (χ2v) is 8.47. The van der Waals surface area contributed by atoms with Crippen LogP contribution in [0.4, 0.5) is 17.4 Å². The first kappa shape index (κ1) is 22.0. The number of amides is 1. The van der Waals surface area contributed by atoms with Crippen LogP contribution in [0, 0.1) is 0 Å². The van der Waals surface area contributed by atoms with Crippen LogP contribution >= 0.6 is 0 Å². The van der Waals surface area contributed by atoms with Crippen molar-refractivity contribution in [1.82, 2.24) is 20.0 Å². The Morgan fingerprint density at radius 1 is 1.03 bits per heavy atom. The maximum atomic E-state index is 13.1. The molecule has 0 unspecified atom stereocenters. The van der Waals surface area contributed by atoms with Crippen LogP contribution in [-0.2, 0) is 16.6 Å². The standard InChI is InChI=1S/C25H24N8O3/c1-32-15-19(33-11-13-35-14-12-33)21(31-32)24-29-30-25(36-24)28-22-23(34)26-18-10-6-5-9-17(18)20(27-22)16-7-3-2-4-8-16/h2-10,15,22H,11-14H2,1H3,(H,26,34)(H,28,30)/t22-/m1/s1. The Bertz CT molecular complexity index is 1420. The summed E-state index contributed by atoms with van der Waals surface area (Å²) >= 11 is 0. The molecule has 0 spiro atoms. The largest absolute Gasteiger partial charge is 0.401 e. The van der Waals surface area contributed by atoms with Gasteiger partial charge in [-0.1, -0.05) is 53.6 Å². The third-order valence-corrected chi connectivity index (χ3v) is 6.04. The Labute approximate surface area is 206 Å². The number of carbonyl (C=O) groups is 1. The molecule has 0 saturated carbocycles. The number of nitrogens with one attached hydrogen (secondary N) is 2. The highest BCUT2D eigenvalue weighted by Gasteiger charge is 2.28. The molecule has 0 aliphatic carbocycles. The Kier molecular flexibility index (Phi) is 5.66. The van der Waals surface area contributed by atoms with E-state index in [4.69, 9.17) is 14.1 Å². The molecule has 1 saturated heterocycles. The number of aromatic nitrogens is 4. The molecule has 182 valence electrons. The van der Waals surface area contributed by atoms with Gasteiger partial charge in [-0.25, -0.2) is 4.99 Å². The van der Waals surface area contributed by atoms with Crippen LogP contribution < -0.4 is 15.5 Å². The average molecular weight is 485 g/mol. The number of fused-ring (bicyclic) bond motifs is 1. The topological polar surface area (TPSA) is 123 Å². The Balaban J connectivity index is 1.31. The predicted molar refractivity (Wildman–Crippen MR) is 134 cm³/mol. The molecular formula is C25H24N8O3. The van der Waals surface area contributed by atoms with Crippen molar-refractivity contribution in [2.75, 3.05) is 41.8 Å². The summed E-state index contributed by atoms with van der Waals surface area (Å²) in [5, 5.41) is 18.8. The molecule has 6 rings (SSSR count). The molecular weight excluding hydrogens is 460 g/mol. The van der Waals surface area contributed by atoms with Crippen molar-refractivity contribution in [3.63, 3.8) is 0 Å². The van der Waals surface area contributed by atoms with Crippen molar-refractivity contribution in [1.29, 1.82) is 0 Å². The zero-order valence-corrected chi connectivity index (χ0v) is 19.6. The number of morpholine rings is 1. The van der Waals surface area contributed by atoms with E-state index >= 15 is 0 Å². The first-order chi connectivity index (χ1) is 17.7. The summed E-state index contributed by atoms with van der Waals surface area (Å²) in [6, 6.07) is 17.4. The van der Waals surface area contributed by atoms with Crippen LogP contribution in [0.5, 0.6) is 0 Å². The molecule has 4 aromatic rings. The van der Waals surface area contributed by atoms with Gasteiger partial charge in [0.2, 0.25) is 6.17 Å². The molecule has 0 radical (unpaired) electrons. The molecule has 1 fully saturated rings. The number of para-hydroxylation sites is 1. The highest BCUT2D eigenvalue weighted by Crippen LogP contribution is 2.30. The predicted octanol–water partition coefficient (Wildman–Crippen LogP) is 2.53. The zero-order chi connectivity index (χ0) is 24.5. The average Bonchev–Trinajstić information content (AvgIpc) is 3.51. The lowest BCUT2D eigenvalue weighted by Crippen LogP contribution is -2.36. The normalized spacial score (nSPS) is 17.7. The van der Waals surface area contributed by atoms with Gasteiger partial charge in [0.15, 0.2) is 5.69 Å². The number of nitrogens with zero attached hydrogens (tertiary/aromatic N) is 6. The lowest BCUT2D eigenvalue weighted by atomic mass is 10.0. The molecule has 1 atom stereocenters. The molecule has 11 nitrogen and oxygen atoms in total. The number of benzene rings is 2. The van der Waals surface area contributed by atoms with E-state index in [2.05, 4.69) is 30.8 Å². The number of hydrogen-bond acceptors (Lipinski definition) is 9. The van der Waals surface area contributed by atoms with Gasteiger partial charge in [-0.05, 0) is 6.07 Å². The van der Waals surface area contributed by atoms with Crippen molar-refractivity contribution >= 4 is 29.0 Å². The van der Waals surface area contributed by atoms with Crippen molar-refractivity contribution in [2.24, 2.45) is 12.0 Å². The van der Waals surface area contributed by atoms with Crippen molar-refractivity contribution in [2.45, 2.75) is 6.17 Å². The van der Waals surface area contributed by atoms with Crippen LogP contribution in [0.1, 0.15) is 11.1 Å². The van der Waals surface area contributed by atoms with Gasteiger partial charge in [-0.2, -0.15) is 5.10 Å². The highest BCUT2D eigenvalue weighted by molar-refractivity contribution is 6.19. The zero-order valence-electron chi connectivity index (χ0n) is 19.6. The minimum Gasteiger partial charge on any atom is -0.401 e. The van der Waals surface area contributed by atoms with Crippen LogP contribution in [0.15, 0.2) is 70.2 Å². The molecule has 2 N–H and O–H groups in total. The van der Waals surface area contributed by atoms with Gasteiger partial charge >= 0.3 is 6.01 Å². The van der Waals surface area contributed by atoms with Gasteiger partial charge in [-0.3, -0.25) is 9.48 Å². The fourth-order valence-corrected chi connectivity index (χ4v) is 4.34. The van der Waals surface area contributed by atoms with Crippen molar-refractivity contribution in [3.8, 4) is 11.6 Å².